The van der Waals surface area contributed by atoms with Crippen LogP contribution in [0.1, 0.15) is 35.2 Å². The predicted octanol–water partition coefficient (Wildman–Crippen LogP) is 6.58. The fourth-order valence-electron chi connectivity index (χ4n) is 5.41. The van der Waals surface area contributed by atoms with Gasteiger partial charge in [-0.05, 0) is 85.5 Å². The molecule has 0 spiro atoms. The summed E-state index contributed by atoms with van der Waals surface area (Å²) >= 11 is 7.90. The van der Waals surface area contributed by atoms with E-state index in [1.54, 1.807) is 54.0 Å². The van der Waals surface area contributed by atoms with Crippen molar-refractivity contribution in [3.8, 4) is 23.0 Å². The molecule has 1 atom stereocenters. The van der Waals surface area contributed by atoms with Crippen LogP contribution in [0, 0.1) is 13.8 Å². The number of hydrogen-bond acceptors (Lipinski definition) is 8. The van der Waals surface area contributed by atoms with E-state index in [9.17, 15) is 9.59 Å². The third-order valence-corrected chi connectivity index (χ3v) is 9.20. The smallest absolute Gasteiger partial charge is 0.343 e. The van der Waals surface area contributed by atoms with Crippen molar-refractivity contribution in [2.75, 3.05) is 20.3 Å². The number of para-hydroxylation sites is 1. The van der Waals surface area contributed by atoms with Crippen molar-refractivity contribution in [3.63, 3.8) is 0 Å². The van der Waals surface area contributed by atoms with E-state index in [4.69, 9.17) is 30.5 Å². The number of fused-ring (bicyclic) bond motifs is 1. The summed E-state index contributed by atoms with van der Waals surface area (Å²) in [6, 6.07) is 26.9. The first-order valence-corrected chi connectivity index (χ1v) is 16.5. The first kappa shape index (κ1) is 32.8. The number of rotatable bonds is 10. The minimum Gasteiger partial charge on any atom is -0.493 e. The highest BCUT2D eigenvalue weighted by Gasteiger charge is 2.33. The van der Waals surface area contributed by atoms with Crippen molar-refractivity contribution in [2.24, 2.45) is 4.99 Å². The first-order chi connectivity index (χ1) is 23.2. The Morgan fingerprint density at radius 3 is 2.31 bits per heavy atom. The molecule has 1 aromatic heterocycles. The zero-order valence-corrected chi connectivity index (χ0v) is 28.4. The summed E-state index contributed by atoms with van der Waals surface area (Å²) in [7, 11) is 1.53. The average molecular weight is 681 g/mol. The SMILES string of the molecule is COc1cc(/C=c2/sc3n(c2=O)C(c2ccccc2)C(C(=O)Oc2ccccc2)=C(C)N=3)cc(Cl)c1OCCOc1ccc(C)c(C)c1. The van der Waals surface area contributed by atoms with Crippen LogP contribution in [0.15, 0.2) is 112 Å². The molecule has 2 heterocycles. The molecule has 48 heavy (non-hydrogen) atoms. The average Bonchev–Trinajstić information content (AvgIpc) is 3.38. The van der Waals surface area contributed by atoms with Gasteiger partial charge in [-0.15, -0.1) is 0 Å². The number of esters is 1. The fraction of sp³-hybridized carbons (Fsp3) is 0.184. The predicted molar refractivity (Wildman–Crippen MR) is 187 cm³/mol. The van der Waals surface area contributed by atoms with Crippen LogP contribution in [0.2, 0.25) is 5.02 Å². The summed E-state index contributed by atoms with van der Waals surface area (Å²) in [5.41, 5.74) is 4.20. The number of nitrogens with zero attached hydrogens (tertiary/aromatic N) is 2. The highest BCUT2D eigenvalue weighted by atomic mass is 35.5. The van der Waals surface area contributed by atoms with Gasteiger partial charge in [0.1, 0.15) is 24.7 Å². The summed E-state index contributed by atoms with van der Waals surface area (Å²) < 4.78 is 25.1. The zero-order valence-electron chi connectivity index (χ0n) is 26.9. The van der Waals surface area contributed by atoms with Crippen LogP contribution in [-0.2, 0) is 4.79 Å². The van der Waals surface area contributed by atoms with E-state index in [0.29, 0.717) is 49.5 Å². The van der Waals surface area contributed by atoms with Crippen molar-refractivity contribution < 1.29 is 23.7 Å². The third-order valence-electron chi connectivity index (χ3n) is 7.94. The lowest BCUT2D eigenvalue weighted by molar-refractivity contribution is -0.130. The largest absolute Gasteiger partial charge is 0.493 e. The Hall–Kier alpha value is -5.12. The number of halogens is 1. The Kier molecular flexibility index (Phi) is 9.80. The molecule has 1 aliphatic heterocycles. The molecule has 0 aliphatic carbocycles. The maximum Gasteiger partial charge on any atom is 0.343 e. The van der Waals surface area contributed by atoms with E-state index >= 15 is 0 Å². The van der Waals surface area contributed by atoms with Crippen LogP contribution < -0.4 is 33.8 Å². The van der Waals surface area contributed by atoms with Gasteiger partial charge in [0.05, 0.1) is 34.0 Å². The number of benzene rings is 4. The lowest BCUT2D eigenvalue weighted by Gasteiger charge is -2.24. The van der Waals surface area contributed by atoms with Crippen LogP contribution in [0.25, 0.3) is 6.08 Å². The molecule has 0 amide bonds. The first-order valence-electron chi connectivity index (χ1n) is 15.3. The maximum atomic E-state index is 14.1. The van der Waals surface area contributed by atoms with Gasteiger partial charge in [0.25, 0.3) is 5.56 Å². The van der Waals surface area contributed by atoms with Gasteiger partial charge in [0.15, 0.2) is 16.3 Å². The number of aromatic nitrogens is 1. The van der Waals surface area contributed by atoms with Crippen LogP contribution in [0.4, 0.5) is 0 Å². The van der Waals surface area contributed by atoms with Crippen molar-refractivity contribution in [1.29, 1.82) is 0 Å². The number of allylic oxidation sites excluding steroid dienone is 1. The number of carbonyl (C=O) groups excluding carboxylic acids is 1. The summed E-state index contributed by atoms with van der Waals surface area (Å²) in [4.78, 5) is 32.8. The quantitative estimate of drug-likeness (QED) is 0.0942. The number of aryl methyl sites for hydroxylation is 2. The van der Waals surface area contributed by atoms with Gasteiger partial charge in [-0.25, -0.2) is 9.79 Å². The molecule has 6 rings (SSSR count). The van der Waals surface area contributed by atoms with E-state index in [2.05, 4.69) is 11.9 Å². The lowest BCUT2D eigenvalue weighted by Crippen LogP contribution is -2.40. The Morgan fingerprint density at radius 2 is 1.60 bits per heavy atom. The molecule has 5 aromatic rings. The zero-order chi connectivity index (χ0) is 33.8. The number of carbonyl (C=O) groups is 1. The molecule has 0 saturated heterocycles. The summed E-state index contributed by atoms with van der Waals surface area (Å²) in [6.45, 7) is 6.40. The minimum atomic E-state index is -0.735. The molecule has 1 aliphatic rings. The van der Waals surface area contributed by atoms with Gasteiger partial charge in [0, 0.05) is 0 Å². The Morgan fingerprint density at radius 1 is 0.896 bits per heavy atom. The van der Waals surface area contributed by atoms with Gasteiger partial charge in [-0.2, -0.15) is 0 Å². The second-order valence-corrected chi connectivity index (χ2v) is 12.6. The Labute approximate surface area is 286 Å². The second kappa shape index (κ2) is 14.3. The maximum absolute atomic E-state index is 14.1. The van der Waals surface area contributed by atoms with Gasteiger partial charge in [-0.1, -0.05) is 77.5 Å². The topological polar surface area (TPSA) is 88.4 Å². The van der Waals surface area contributed by atoms with Gasteiger partial charge in [-0.3, -0.25) is 9.36 Å². The molecule has 0 fully saturated rings. The number of methoxy groups -OCH3 is 1. The van der Waals surface area contributed by atoms with E-state index in [0.717, 1.165) is 16.9 Å². The van der Waals surface area contributed by atoms with E-state index < -0.39 is 12.0 Å². The highest BCUT2D eigenvalue weighted by Crippen LogP contribution is 2.37. The van der Waals surface area contributed by atoms with Gasteiger partial charge < -0.3 is 18.9 Å². The fourth-order valence-corrected chi connectivity index (χ4v) is 6.73. The van der Waals surface area contributed by atoms with Crippen LogP contribution in [0.3, 0.4) is 0 Å². The number of hydrogen-bond donors (Lipinski definition) is 0. The van der Waals surface area contributed by atoms with Crippen LogP contribution in [-0.4, -0.2) is 30.9 Å². The molecular formula is C38H33ClN2O6S. The molecule has 244 valence electrons. The van der Waals surface area contributed by atoms with E-state index in [1.165, 1.54) is 24.0 Å². The standard InChI is InChI=1S/C38H33ClN2O6S/c1-23-15-16-29(19-24(23)2)45-17-18-46-35-30(39)20-26(21-31(35)44-4)22-32-36(42)41-34(27-11-7-5-8-12-27)33(25(3)40-38(41)48-32)37(43)47-28-13-9-6-10-14-28/h5-16,19-22,34H,17-18H2,1-4H3/b32-22+. The molecule has 0 N–H and O–H groups in total. The van der Waals surface area contributed by atoms with Crippen LogP contribution in [0.5, 0.6) is 23.0 Å². The highest BCUT2D eigenvalue weighted by molar-refractivity contribution is 7.07. The van der Waals surface area contributed by atoms with Gasteiger partial charge >= 0.3 is 5.97 Å². The molecule has 8 nitrogen and oxygen atoms in total. The van der Waals surface area contributed by atoms with Gasteiger partial charge in [0.2, 0.25) is 0 Å². The van der Waals surface area contributed by atoms with Crippen LogP contribution >= 0.6 is 22.9 Å². The summed E-state index contributed by atoms with van der Waals surface area (Å²) in [6.07, 6.45) is 1.73. The van der Waals surface area contributed by atoms with E-state index in [1.807, 2.05) is 61.5 Å². The second-order valence-electron chi connectivity index (χ2n) is 11.2. The molecule has 0 radical (unpaired) electrons. The minimum absolute atomic E-state index is 0.245. The Balaban J connectivity index is 1.30. The normalized spacial score (nSPS) is 14.3. The van der Waals surface area contributed by atoms with Crippen molar-refractivity contribution in [2.45, 2.75) is 26.8 Å². The summed E-state index contributed by atoms with van der Waals surface area (Å²) in [5, 5.41) is 0.323. The Bertz CT molecular complexity index is 2190. The third kappa shape index (κ3) is 6.93. The molecule has 4 aromatic carbocycles. The molecule has 0 bridgehead atoms. The molecule has 1 unspecified atom stereocenters. The van der Waals surface area contributed by atoms with Crippen molar-refractivity contribution in [1.82, 2.24) is 4.57 Å². The van der Waals surface area contributed by atoms with Crippen molar-refractivity contribution in [3.05, 3.63) is 149 Å². The molecular weight excluding hydrogens is 648 g/mol. The summed E-state index contributed by atoms with van der Waals surface area (Å²) in [5.74, 6) is 1.39. The van der Waals surface area contributed by atoms with Crippen molar-refractivity contribution >= 4 is 35.0 Å². The number of ether oxygens (including phenoxy) is 4. The molecule has 10 heteroatoms. The van der Waals surface area contributed by atoms with E-state index in [-0.39, 0.29) is 17.7 Å². The molecule has 0 saturated carbocycles. The number of thiazole rings is 1. The lowest BCUT2D eigenvalue weighted by atomic mass is 9.96. The monoisotopic (exact) mass is 680 g/mol.